The molecule has 346 valence electrons. The minimum atomic E-state index is -4.05. The van der Waals surface area contributed by atoms with E-state index in [9.17, 15) is 29.4 Å². The minimum absolute atomic E-state index is 0.0880. The third-order valence-electron chi connectivity index (χ3n) is 11.3. The van der Waals surface area contributed by atoms with Gasteiger partial charge in [-0.15, -0.1) is 0 Å². The molecular weight excluding hydrogens is 906 g/mol. The molecular formula is C37H59FN6O13P2SSi2. The average Bonchev–Trinajstić information content (AvgIpc) is 3.86. The molecule has 0 amide bonds. The van der Waals surface area contributed by atoms with Gasteiger partial charge in [0, 0.05) is 37.8 Å². The molecule has 2 unspecified atom stereocenters. The molecule has 25 heteroatoms. The highest BCUT2D eigenvalue weighted by Gasteiger charge is 2.60. The third-order valence-corrected chi connectivity index (χ3v) is 23.9. The van der Waals surface area contributed by atoms with Crippen LogP contribution >= 0.6 is 15.0 Å². The summed E-state index contributed by atoms with van der Waals surface area (Å²) in [4.78, 5) is 47.6. The average molecular weight is 965 g/mol. The van der Waals surface area contributed by atoms with Crippen molar-refractivity contribution < 1.29 is 59.9 Å². The largest absolute Gasteiger partial charge is 0.474 e. The van der Waals surface area contributed by atoms with Crippen molar-refractivity contribution in [1.82, 2.24) is 24.1 Å². The lowest BCUT2D eigenvalue weighted by Crippen LogP contribution is -2.62. The number of rotatable bonds is 22. The first-order valence-electron chi connectivity index (χ1n) is 20.5. The molecule has 2 aliphatic rings. The predicted molar refractivity (Wildman–Crippen MR) is 233 cm³/mol. The van der Waals surface area contributed by atoms with Crippen molar-refractivity contribution in [2.75, 3.05) is 19.8 Å². The minimum Gasteiger partial charge on any atom is -0.474 e. The fourth-order valence-corrected chi connectivity index (χ4v) is 20.6. The van der Waals surface area contributed by atoms with E-state index in [0.717, 1.165) is 10.8 Å². The summed E-state index contributed by atoms with van der Waals surface area (Å²) >= 11 is 6.08. The molecule has 0 spiro atoms. The lowest BCUT2D eigenvalue weighted by atomic mass is 10.1. The first-order valence-corrected chi connectivity index (χ1v) is 28.3. The number of nitrogens with zero attached hydrogens (tertiary/aromatic N) is 6. The molecule has 0 bridgehead atoms. The van der Waals surface area contributed by atoms with Crippen molar-refractivity contribution in [3.8, 4) is 11.9 Å². The molecule has 1 saturated carbocycles. The first-order chi connectivity index (χ1) is 29.2. The van der Waals surface area contributed by atoms with Gasteiger partial charge >= 0.3 is 32.1 Å². The second kappa shape index (κ2) is 21.3. The van der Waals surface area contributed by atoms with Crippen LogP contribution in [0.15, 0.2) is 35.9 Å². The van der Waals surface area contributed by atoms with Crippen LogP contribution in [-0.4, -0.2) is 106 Å². The number of aryl methyl sites for hydroxylation is 1. The van der Waals surface area contributed by atoms with Gasteiger partial charge in [-0.05, 0) is 40.4 Å². The molecule has 9 atom stereocenters. The van der Waals surface area contributed by atoms with E-state index in [2.05, 4.69) is 15.0 Å². The molecule has 4 heterocycles. The maximum absolute atomic E-state index is 15.8. The van der Waals surface area contributed by atoms with Crippen LogP contribution in [0.1, 0.15) is 80.9 Å². The van der Waals surface area contributed by atoms with E-state index in [1.165, 1.54) is 30.5 Å². The second-order valence-electron chi connectivity index (χ2n) is 16.8. The summed E-state index contributed by atoms with van der Waals surface area (Å²) in [6.45, 7) is 10.2. The second-order valence-corrected chi connectivity index (χ2v) is 29.1. The Morgan fingerprint density at radius 1 is 1.10 bits per heavy atom. The molecule has 1 aliphatic carbocycles. The zero-order valence-corrected chi connectivity index (χ0v) is 41.0. The van der Waals surface area contributed by atoms with E-state index in [-0.39, 0.29) is 65.7 Å². The van der Waals surface area contributed by atoms with Gasteiger partial charge in [0.25, 0.3) is 5.56 Å². The van der Waals surface area contributed by atoms with Gasteiger partial charge in [-0.3, -0.25) is 13.9 Å². The Morgan fingerprint density at radius 3 is 2.37 bits per heavy atom. The number of hydrogen-bond donors (Lipinski definition) is 3. The van der Waals surface area contributed by atoms with E-state index < -0.39 is 92.7 Å². The summed E-state index contributed by atoms with van der Waals surface area (Å²) in [5.74, 6) is -1.17. The summed E-state index contributed by atoms with van der Waals surface area (Å²) in [5.41, 5.74) is -1.79. The van der Waals surface area contributed by atoms with Gasteiger partial charge in [0.2, 0.25) is 5.88 Å². The molecule has 2 fully saturated rings. The SMILES string of the molecule is CC(C)[Si](O)(O[Si](O[C@H]1[C@H](OP(=S)(OCCC#N)OC[C@H]2C[C@@H](Oc3ccncn3)C[C@@H]2O[PH](=O)O)[C@H](n2cc(F)c3c(=O)n(C)cnc32)O[C@@H]1CO)(C(C)C)C(C)C)C(C)C. The van der Waals surface area contributed by atoms with Crippen molar-refractivity contribution in [2.45, 2.75) is 134 Å². The lowest BCUT2D eigenvalue weighted by Gasteiger charge is -2.47. The highest BCUT2D eigenvalue weighted by Crippen LogP contribution is 2.57. The molecule has 1 saturated heterocycles. The molecule has 1 aliphatic heterocycles. The van der Waals surface area contributed by atoms with Gasteiger partial charge in [0.05, 0.1) is 44.7 Å². The Morgan fingerprint density at radius 2 is 1.79 bits per heavy atom. The third kappa shape index (κ3) is 11.2. The molecule has 0 radical (unpaired) electrons. The predicted octanol–water partition coefficient (Wildman–Crippen LogP) is 5.65. The molecule has 0 aromatic carbocycles. The van der Waals surface area contributed by atoms with E-state index >= 15 is 4.39 Å². The molecule has 62 heavy (non-hydrogen) atoms. The van der Waals surface area contributed by atoms with Crippen LogP contribution in [0.5, 0.6) is 5.88 Å². The Bertz CT molecular complexity index is 2140. The Balaban J connectivity index is 1.60. The van der Waals surface area contributed by atoms with Gasteiger partial charge in [-0.1, -0.05) is 55.4 Å². The summed E-state index contributed by atoms with van der Waals surface area (Å²) in [5, 5.41) is 20.1. The van der Waals surface area contributed by atoms with Gasteiger partial charge in [0.1, 0.15) is 36.1 Å². The standard InChI is InChI=1S/C37H59FN6O13P2SSi2/c1-22(2)61(49,23(3)4)57-62(24(5)6,25(7)8)56-33-30(18-45)53-37(44-17-28(38)32-35(44)42-21-43(9)36(32)46)34(33)55-59(60,50-14-10-12-39)51-19-26-15-27(16-29(26)54-58(47)48)52-31-11-13-40-20-41-31/h11,13,17,20-27,29-30,33-34,37,45,49,58H,10,14-16,18-19H2,1-9H3,(H,47,48)/t26-,27-,29+,30-,33-,34+,37-,59?/m1/s1. The van der Waals surface area contributed by atoms with Gasteiger partial charge in [0.15, 0.2) is 17.7 Å². The van der Waals surface area contributed by atoms with E-state index in [0.29, 0.717) is 5.88 Å². The van der Waals surface area contributed by atoms with Crippen LogP contribution < -0.4 is 10.3 Å². The highest BCUT2D eigenvalue weighted by molar-refractivity contribution is 8.07. The monoisotopic (exact) mass is 964 g/mol. The Kier molecular flexibility index (Phi) is 17.4. The lowest BCUT2D eigenvalue weighted by molar-refractivity contribution is -0.0508. The molecule has 3 N–H and O–H groups in total. The van der Waals surface area contributed by atoms with Crippen LogP contribution in [0, 0.1) is 23.1 Å². The van der Waals surface area contributed by atoms with E-state index in [4.69, 9.17) is 47.9 Å². The summed E-state index contributed by atoms with van der Waals surface area (Å²) in [6.07, 6.45) is -0.976. The van der Waals surface area contributed by atoms with Crippen LogP contribution in [-0.2, 0) is 54.8 Å². The molecule has 3 aromatic rings. The van der Waals surface area contributed by atoms with Crippen molar-refractivity contribution >= 4 is 54.9 Å². The topological polar surface area (TPSA) is 241 Å². The van der Waals surface area contributed by atoms with Crippen molar-refractivity contribution in [3.63, 3.8) is 0 Å². The smallest absolute Gasteiger partial charge is 0.335 e. The van der Waals surface area contributed by atoms with Crippen molar-refractivity contribution in [3.05, 3.63) is 47.3 Å². The molecule has 19 nitrogen and oxygen atoms in total. The van der Waals surface area contributed by atoms with E-state index in [1.807, 2.05) is 61.5 Å². The van der Waals surface area contributed by atoms with Crippen LogP contribution in [0.2, 0.25) is 22.2 Å². The Labute approximate surface area is 368 Å². The maximum Gasteiger partial charge on any atom is 0.335 e. The first kappa shape index (κ1) is 50.6. The van der Waals surface area contributed by atoms with Crippen LogP contribution in [0.4, 0.5) is 4.39 Å². The quantitative estimate of drug-likeness (QED) is 0.0626. The molecule has 5 rings (SSSR count). The van der Waals surface area contributed by atoms with Gasteiger partial charge in [-0.25, -0.2) is 19.3 Å². The number of nitriles is 1. The number of ether oxygens (including phenoxy) is 2. The number of aromatic nitrogens is 5. The molecule has 3 aromatic heterocycles. The maximum atomic E-state index is 15.8. The zero-order chi connectivity index (χ0) is 45.7. The van der Waals surface area contributed by atoms with E-state index in [1.54, 1.807) is 6.07 Å². The zero-order valence-electron chi connectivity index (χ0n) is 36.3. The number of hydrogen-bond acceptors (Lipinski definition) is 17. The summed E-state index contributed by atoms with van der Waals surface area (Å²) in [6, 6.07) is 3.58. The number of aliphatic hydroxyl groups is 1. The number of aliphatic hydroxyl groups excluding tert-OH is 1. The van der Waals surface area contributed by atoms with Gasteiger partial charge < -0.3 is 55.5 Å². The van der Waals surface area contributed by atoms with Crippen molar-refractivity contribution in [1.29, 1.82) is 5.26 Å². The highest BCUT2D eigenvalue weighted by atomic mass is 32.5. The van der Waals surface area contributed by atoms with Crippen molar-refractivity contribution in [2.24, 2.45) is 13.0 Å². The fraction of sp³-hybridized carbons (Fsp3) is 0.703. The number of halogens is 1. The fourth-order valence-electron chi connectivity index (χ4n) is 8.02. The summed E-state index contributed by atoms with van der Waals surface area (Å²) in [7, 11) is -9.14. The van der Waals surface area contributed by atoms with Crippen LogP contribution in [0.3, 0.4) is 0 Å². The Hall–Kier alpha value is -2.37. The van der Waals surface area contributed by atoms with Gasteiger partial charge in [-0.2, -0.15) is 5.26 Å². The number of fused-ring (bicyclic) bond motifs is 1. The summed E-state index contributed by atoms with van der Waals surface area (Å²) < 4.78 is 81.7. The van der Waals surface area contributed by atoms with Crippen LogP contribution in [0.25, 0.3) is 11.0 Å². The normalized spacial score (nSPS) is 25.0.